The summed E-state index contributed by atoms with van der Waals surface area (Å²) in [6, 6.07) is 7.84. The molecule has 0 aliphatic rings. The van der Waals surface area contributed by atoms with E-state index >= 15 is 0 Å². The monoisotopic (exact) mass is 374 g/mol. The third-order valence-electron chi connectivity index (χ3n) is 4.06. The molecule has 0 spiro atoms. The molecule has 2 N–H and O–H groups in total. The number of amides is 3. The number of hydrogen-bond donors (Lipinski definition) is 2. The van der Waals surface area contributed by atoms with Crippen molar-refractivity contribution in [3.63, 3.8) is 0 Å². The Kier molecular flexibility index (Phi) is 6.52. The van der Waals surface area contributed by atoms with Gasteiger partial charge >= 0.3 is 6.09 Å². The van der Waals surface area contributed by atoms with Gasteiger partial charge in [-0.15, -0.1) is 11.3 Å². The first kappa shape index (κ1) is 19.7. The Morgan fingerprint density at radius 3 is 2.27 bits per heavy atom. The van der Waals surface area contributed by atoms with Crippen LogP contribution in [0.25, 0.3) is 0 Å². The summed E-state index contributed by atoms with van der Waals surface area (Å²) >= 11 is 1.30. The Morgan fingerprint density at radius 1 is 1.08 bits per heavy atom. The van der Waals surface area contributed by atoms with Crippen LogP contribution >= 0.6 is 11.3 Å². The molecule has 6 nitrogen and oxygen atoms in total. The minimum Gasteiger partial charge on any atom is -0.453 e. The highest BCUT2D eigenvalue weighted by Gasteiger charge is 2.22. The molecule has 0 unspecified atom stereocenters. The van der Waals surface area contributed by atoms with Gasteiger partial charge in [0.1, 0.15) is 5.00 Å². The highest BCUT2D eigenvalue weighted by molar-refractivity contribution is 7.16. The van der Waals surface area contributed by atoms with Crippen molar-refractivity contribution in [2.24, 2.45) is 0 Å². The maximum Gasteiger partial charge on any atom is 0.413 e. The molecular formula is C19H22N2O4S. The first-order chi connectivity index (χ1) is 12.3. The number of thiophene rings is 1. The molecule has 0 atom stereocenters. The van der Waals surface area contributed by atoms with Crippen LogP contribution in [0.4, 0.5) is 9.80 Å². The van der Waals surface area contributed by atoms with Gasteiger partial charge in [0, 0.05) is 4.88 Å². The molecule has 3 amide bonds. The second-order valence-electron chi connectivity index (χ2n) is 5.83. The van der Waals surface area contributed by atoms with Crippen LogP contribution in [0.2, 0.25) is 0 Å². The van der Waals surface area contributed by atoms with Gasteiger partial charge in [-0.25, -0.2) is 4.79 Å². The van der Waals surface area contributed by atoms with Gasteiger partial charge in [0.05, 0.1) is 19.1 Å². The summed E-state index contributed by atoms with van der Waals surface area (Å²) in [6.07, 6.45) is 0.309. The molecule has 26 heavy (non-hydrogen) atoms. The Balaban J connectivity index is 2.15. The Bertz CT molecular complexity index is 825. The summed E-state index contributed by atoms with van der Waals surface area (Å²) in [6.45, 7) is 5.70. The van der Waals surface area contributed by atoms with Gasteiger partial charge in [0.25, 0.3) is 5.91 Å². The van der Waals surface area contributed by atoms with Crippen LogP contribution in [0.5, 0.6) is 0 Å². The summed E-state index contributed by atoms with van der Waals surface area (Å²) < 4.78 is 4.45. The number of aryl methyl sites for hydroxylation is 2. The predicted octanol–water partition coefficient (Wildman–Crippen LogP) is 3.60. The molecule has 0 saturated carbocycles. The zero-order chi connectivity index (χ0) is 19.3. The number of rotatable bonds is 5. The third kappa shape index (κ3) is 4.70. The minimum absolute atomic E-state index is 0.206. The van der Waals surface area contributed by atoms with Crippen LogP contribution in [0.15, 0.2) is 24.3 Å². The van der Waals surface area contributed by atoms with Gasteiger partial charge < -0.3 is 10.1 Å². The maximum absolute atomic E-state index is 12.4. The summed E-state index contributed by atoms with van der Waals surface area (Å²) in [5.74, 6) is -0.816. The van der Waals surface area contributed by atoms with Crippen LogP contribution in [0, 0.1) is 13.8 Å². The Hall–Kier alpha value is -2.67. The SMILES string of the molecule is CCc1ccc(CC(=O)Nc2sc(C)c(C)c2C(=O)NC(=O)OC)cc1. The van der Waals surface area contributed by atoms with Gasteiger partial charge in [-0.1, -0.05) is 31.2 Å². The minimum atomic E-state index is -0.841. The van der Waals surface area contributed by atoms with E-state index in [1.165, 1.54) is 24.0 Å². The van der Waals surface area contributed by atoms with Crippen molar-refractivity contribution in [1.82, 2.24) is 5.32 Å². The highest BCUT2D eigenvalue weighted by atomic mass is 32.1. The topological polar surface area (TPSA) is 84.5 Å². The van der Waals surface area contributed by atoms with Crippen molar-refractivity contribution < 1.29 is 19.1 Å². The number of anilines is 1. The zero-order valence-corrected chi connectivity index (χ0v) is 16.1. The van der Waals surface area contributed by atoms with Crippen molar-refractivity contribution in [3.8, 4) is 0 Å². The van der Waals surface area contributed by atoms with E-state index in [0.29, 0.717) is 5.00 Å². The largest absolute Gasteiger partial charge is 0.453 e. The zero-order valence-electron chi connectivity index (χ0n) is 15.3. The first-order valence-corrected chi connectivity index (χ1v) is 9.04. The molecule has 1 aromatic carbocycles. The number of hydrogen-bond acceptors (Lipinski definition) is 5. The summed E-state index contributed by atoms with van der Waals surface area (Å²) in [5.41, 5.74) is 3.11. The van der Waals surface area contributed by atoms with Crippen LogP contribution in [0.3, 0.4) is 0 Å². The molecule has 0 aliphatic heterocycles. The first-order valence-electron chi connectivity index (χ1n) is 8.22. The van der Waals surface area contributed by atoms with E-state index in [0.717, 1.165) is 22.4 Å². The normalized spacial score (nSPS) is 10.3. The standard InChI is InChI=1S/C19H22N2O4S/c1-5-13-6-8-14(9-7-13)10-15(22)20-18-16(11(2)12(3)26-18)17(23)21-19(24)25-4/h6-9H,5,10H2,1-4H3,(H,20,22)(H,21,23,24). The fourth-order valence-corrected chi connectivity index (χ4v) is 3.52. The number of benzene rings is 1. The lowest BCUT2D eigenvalue weighted by Gasteiger charge is -2.08. The van der Waals surface area contributed by atoms with Gasteiger partial charge in [-0.3, -0.25) is 14.9 Å². The van der Waals surface area contributed by atoms with Crippen LogP contribution in [-0.4, -0.2) is 25.0 Å². The van der Waals surface area contributed by atoms with Crippen molar-refractivity contribution in [1.29, 1.82) is 0 Å². The third-order valence-corrected chi connectivity index (χ3v) is 5.18. The van der Waals surface area contributed by atoms with E-state index < -0.39 is 12.0 Å². The maximum atomic E-state index is 12.4. The molecule has 0 aliphatic carbocycles. The Labute approximate surface area is 156 Å². The van der Waals surface area contributed by atoms with Gasteiger partial charge in [0.2, 0.25) is 5.91 Å². The smallest absolute Gasteiger partial charge is 0.413 e. The Morgan fingerprint density at radius 2 is 1.69 bits per heavy atom. The second kappa shape index (κ2) is 8.62. The van der Waals surface area contributed by atoms with Crippen LogP contribution < -0.4 is 10.6 Å². The quantitative estimate of drug-likeness (QED) is 0.837. The molecular weight excluding hydrogens is 352 g/mol. The van der Waals surface area contributed by atoms with E-state index in [1.54, 1.807) is 6.92 Å². The van der Waals surface area contributed by atoms with Crippen molar-refractivity contribution >= 4 is 34.2 Å². The molecule has 138 valence electrons. The molecule has 1 heterocycles. The van der Waals surface area contributed by atoms with Gasteiger partial charge in [-0.05, 0) is 37.0 Å². The van der Waals surface area contributed by atoms with Crippen LogP contribution in [0.1, 0.15) is 38.8 Å². The van der Waals surface area contributed by atoms with E-state index in [2.05, 4.69) is 22.3 Å². The van der Waals surface area contributed by atoms with Crippen LogP contribution in [-0.2, 0) is 22.4 Å². The lowest BCUT2D eigenvalue weighted by Crippen LogP contribution is -2.31. The van der Waals surface area contributed by atoms with E-state index in [9.17, 15) is 14.4 Å². The number of methoxy groups -OCH3 is 1. The van der Waals surface area contributed by atoms with Gasteiger partial charge in [-0.2, -0.15) is 0 Å². The summed E-state index contributed by atoms with van der Waals surface area (Å²) in [7, 11) is 1.18. The van der Waals surface area contributed by atoms with E-state index in [4.69, 9.17) is 0 Å². The second-order valence-corrected chi connectivity index (χ2v) is 7.05. The number of nitrogens with one attached hydrogen (secondary N) is 2. The molecule has 2 aromatic rings. The lowest BCUT2D eigenvalue weighted by atomic mass is 10.1. The molecule has 2 rings (SSSR count). The molecule has 0 fully saturated rings. The predicted molar refractivity (Wildman–Crippen MR) is 102 cm³/mol. The summed E-state index contributed by atoms with van der Waals surface area (Å²) in [5, 5.41) is 5.35. The average Bonchev–Trinajstić information content (AvgIpc) is 2.89. The number of alkyl carbamates (subject to hydrolysis) is 1. The molecule has 7 heteroatoms. The molecule has 0 radical (unpaired) electrons. The summed E-state index contributed by atoms with van der Waals surface area (Å²) in [4.78, 5) is 36.9. The number of carbonyl (C=O) groups is 3. The van der Waals surface area contributed by atoms with Gasteiger partial charge in [0.15, 0.2) is 0 Å². The van der Waals surface area contributed by atoms with Crippen molar-refractivity contribution in [3.05, 3.63) is 51.4 Å². The highest BCUT2D eigenvalue weighted by Crippen LogP contribution is 2.32. The number of ether oxygens (including phenoxy) is 1. The fourth-order valence-electron chi connectivity index (χ4n) is 2.44. The molecule has 0 bridgehead atoms. The fraction of sp³-hybridized carbons (Fsp3) is 0.316. The number of carbonyl (C=O) groups excluding carboxylic acids is 3. The lowest BCUT2D eigenvalue weighted by molar-refractivity contribution is -0.115. The van der Waals surface area contributed by atoms with E-state index in [1.807, 2.05) is 31.2 Å². The number of imide groups is 1. The van der Waals surface area contributed by atoms with Crippen molar-refractivity contribution in [2.75, 3.05) is 12.4 Å². The van der Waals surface area contributed by atoms with E-state index in [-0.39, 0.29) is 17.9 Å². The molecule has 0 saturated heterocycles. The van der Waals surface area contributed by atoms with Crippen molar-refractivity contribution in [2.45, 2.75) is 33.6 Å². The average molecular weight is 374 g/mol. The molecule has 1 aromatic heterocycles.